The van der Waals surface area contributed by atoms with Crippen LogP contribution in [0.15, 0.2) is 0 Å². The summed E-state index contributed by atoms with van der Waals surface area (Å²) in [4.78, 5) is 13.2. The van der Waals surface area contributed by atoms with Crippen LogP contribution in [0.1, 0.15) is 53.4 Å². The molecule has 0 unspecified atom stereocenters. The number of nitrogens with one attached hydrogen (secondary N) is 1. The van der Waals surface area contributed by atoms with E-state index in [9.17, 15) is 4.79 Å². The van der Waals surface area contributed by atoms with Gasteiger partial charge in [0.1, 0.15) is 0 Å². The van der Waals surface area contributed by atoms with Crippen molar-refractivity contribution in [1.82, 2.24) is 10.2 Å². The lowest BCUT2D eigenvalue weighted by atomic mass is 9.92. The highest BCUT2D eigenvalue weighted by Crippen LogP contribution is 2.19. The van der Waals surface area contributed by atoms with E-state index in [4.69, 9.17) is 0 Å². The number of carbonyl (C=O) groups excluding carboxylic acids is 1. The smallest absolute Gasteiger partial charge is 0.219 e. The molecule has 1 aliphatic rings. The van der Waals surface area contributed by atoms with Crippen LogP contribution in [0.5, 0.6) is 0 Å². The topological polar surface area (TPSA) is 32.3 Å². The van der Waals surface area contributed by atoms with Crippen molar-refractivity contribution in [2.75, 3.05) is 13.1 Å². The van der Waals surface area contributed by atoms with E-state index >= 15 is 0 Å². The summed E-state index contributed by atoms with van der Waals surface area (Å²) in [5.74, 6) is 0.215. The Morgan fingerprint density at radius 2 is 1.81 bits per heavy atom. The van der Waals surface area contributed by atoms with Crippen molar-refractivity contribution >= 4 is 5.91 Å². The first-order valence-corrected chi connectivity index (χ1v) is 6.54. The Kier molecular flexibility index (Phi) is 4.78. The van der Waals surface area contributed by atoms with E-state index in [0.717, 1.165) is 38.8 Å². The molecule has 1 N–H and O–H groups in total. The first-order chi connectivity index (χ1) is 7.50. The van der Waals surface area contributed by atoms with Crippen molar-refractivity contribution in [1.29, 1.82) is 0 Å². The van der Waals surface area contributed by atoms with Crippen LogP contribution in [0.2, 0.25) is 0 Å². The number of hydrogen-bond acceptors (Lipinski definition) is 2. The number of rotatable bonds is 4. The van der Waals surface area contributed by atoms with Crippen LogP contribution in [-0.4, -0.2) is 35.5 Å². The third kappa shape index (κ3) is 3.48. The van der Waals surface area contributed by atoms with E-state index in [1.54, 1.807) is 6.92 Å². The molecule has 1 heterocycles. The van der Waals surface area contributed by atoms with Gasteiger partial charge in [0, 0.05) is 31.6 Å². The zero-order valence-electron chi connectivity index (χ0n) is 11.2. The fraction of sp³-hybridized carbons (Fsp3) is 0.923. The van der Waals surface area contributed by atoms with Crippen LogP contribution in [-0.2, 0) is 4.79 Å². The maximum Gasteiger partial charge on any atom is 0.219 e. The third-order valence-electron chi connectivity index (χ3n) is 4.05. The largest absolute Gasteiger partial charge is 0.343 e. The number of nitrogens with zero attached hydrogens (tertiary/aromatic N) is 1. The van der Waals surface area contributed by atoms with Crippen LogP contribution in [0.3, 0.4) is 0 Å². The third-order valence-corrected chi connectivity index (χ3v) is 4.05. The molecule has 1 rings (SSSR count). The van der Waals surface area contributed by atoms with E-state index in [-0.39, 0.29) is 11.4 Å². The molecule has 3 nitrogen and oxygen atoms in total. The minimum Gasteiger partial charge on any atom is -0.343 e. The molecule has 1 fully saturated rings. The average molecular weight is 226 g/mol. The Morgan fingerprint density at radius 1 is 1.31 bits per heavy atom. The van der Waals surface area contributed by atoms with Crippen LogP contribution >= 0.6 is 0 Å². The minimum atomic E-state index is 0.215. The van der Waals surface area contributed by atoms with Gasteiger partial charge in [-0.15, -0.1) is 0 Å². The summed E-state index contributed by atoms with van der Waals surface area (Å²) in [6.07, 6.45) is 4.51. The summed E-state index contributed by atoms with van der Waals surface area (Å²) in [7, 11) is 0. The van der Waals surface area contributed by atoms with Gasteiger partial charge in [-0.1, -0.05) is 13.8 Å². The molecule has 0 bridgehead atoms. The number of likely N-dealkylation sites (tertiary alicyclic amines) is 1. The highest BCUT2D eigenvalue weighted by Gasteiger charge is 2.26. The molecule has 16 heavy (non-hydrogen) atoms. The standard InChI is InChI=1S/C13H26N2O/c1-5-13(4,6-2)14-12-7-9-15(10-8-12)11(3)16/h12,14H,5-10H2,1-4H3. The van der Waals surface area contributed by atoms with Gasteiger partial charge in [0.05, 0.1) is 0 Å². The monoisotopic (exact) mass is 226 g/mol. The molecule has 1 amide bonds. The molecule has 0 radical (unpaired) electrons. The molecule has 0 aliphatic carbocycles. The summed E-state index contributed by atoms with van der Waals surface area (Å²) in [5, 5.41) is 3.75. The summed E-state index contributed by atoms with van der Waals surface area (Å²) in [5.41, 5.74) is 0.267. The second-order valence-corrected chi connectivity index (χ2v) is 5.19. The zero-order chi connectivity index (χ0) is 12.2. The van der Waals surface area contributed by atoms with Gasteiger partial charge in [0.2, 0.25) is 5.91 Å². The van der Waals surface area contributed by atoms with Crippen molar-refractivity contribution in [3.63, 3.8) is 0 Å². The Hall–Kier alpha value is -0.570. The zero-order valence-corrected chi connectivity index (χ0v) is 11.2. The number of piperidine rings is 1. The van der Waals surface area contributed by atoms with E-state index in [2.05, 4.69) is 26.1 Å². The van der Waals surface area contributed by atoms with E-state index in [0.29, 0.717) is 6.04 Å². The van der Waals surface area contributed by atoms with Crippen LogP contribution in [0.4, 0.5) is 0 Å². The molecule has 0 saturated carbocycles. The summed E-state index contributed by atoms with van der Waals surface area (Å²) in [6, 6.07) is 0.584. The van der Waals surface area contributed by atoms with E-state index < -0.39 is 0 Å². The fourth-order valence-corrected chi connectivity index (χ4v) is 2.29. The quantitative estimate of drug-likeness (QED) is 0.797. The Morgan fingerprint density at radius 3 is 2.19 bits per heavy atom. The average Bonchev–Trinajstić information content (AvgIpc) is 2.29. The van der Waals surface area contributed by atoms with Crippen LogP contribution in [0, 0.1) is 0 Å². The first-order valence-electron chi connectivity index (χ1n) is 6.54. The fourth-order valence-electron chi connectivity index (χ4n) is 2.29. The highest BCUT2D eigenvalue weighted by atomic mass is 16.2. The maximum atomic E-state index is 11.2. The SMILES string of the molecule is CCC(C)(CC)NC1CCN(C(C)=O)CC1. The predicted molar refractivity (Wildman–Crippen MR) is 67.4 cm³/mol. The van der Waals surface area contributed by atoms with E-state index in [1.165, 1.54) is 0 Å². The van der Waals surface area contributed by atoms with Crippen LogP contribution < -0.4 is 5.32 Å². The first kappa shape index (κ1) is 13.5. The lowest BCUT2D eigenvalue weighted by Crippen LogP contribution is -2.52. The molecule has 0 aromatic heterocycles. The minimum absolute atomic E-state index is 0.215. The number of carbonyl (C=O) groups is 1. The molecular weight excluding hydrogens is 200 g/mol. The second kappa shape index (κ2) is 5.67. The Labute approximate surface area is 99.6 Å². The van der Waals surface area contributed by atoms with Gasteiger partial charge < -0.3 is 10.2 Å². The van der Waals surface area contributed by atoms with Gasteiger partial charge >= 0.3 is 0 Å². The van der Waals surface area contributed by atoms with Gasteiger partial charge in [-0.25, -0.2) is 0 Å². The second-order valence-electron chi connectivity index (χ2n) is 5.19. The molecule has 0 aromatic rings. The molecule has 0 atom stereocenters. The van der Waals surface area contributed by atoms with Crippen molar-refractivity contribution in [2.45, 2.75) is 65.0 Å². The molecular formula is C13H26N2O. The van der Waals surface area contributed by atoms with Crippen LogP contribution in [0.25, 0.3) is 0 Å². The van der Waals surface area contributed by atoms with Gasteiger partial charge in [0.15, 0.2) is 0 Å². The number of amides is 1. The molecule has 0 spiro atoms. The van der Waals surface area contributed by atoms with Gasteiger partial charge in [0.25, 0.3) is 0 Å². The summed E-state index contributed by atoms with van der Waals surface area (Å²) in [6.45, 7) is 10.3. The van der Waals surface area contributed by atoms with E-state index in [1.807, 2.05) is 4.90 Å². The molecule has 1 saturated heterocycles. The van der Waals surface area contributed by atoms with Crippen molar-refractivity contribution < 1.29 is 4.79 Å². The summed E-state index contributed by atoms with van der Waals surface area (Å²) >= 11 is 0. The van der Waals surface area contributed by atoms with Gasteiger partial charge in [-0.05, 0) is 32.6 Å². The maximum absolute atomic E-state index is 11.2. The van der Waals surface area contributed by atoms with Gasteiger partial charge in [-0.2, -0.15) is 0 Å². The lowest BCUT2D eigenvalue weighted by molar-refractivity contribution is -0.129. The Bertz CT molecular complexity index is 228. The van der Waals surface area contributed by atoms with Crippen molar-refractivity contribution in [2.24, 2.45) is 0 Å². The van der Waals surface area contributed by atoms with Crippen molar-refractivity contribution in [3.8, 4) is 0 Å². The molecule has 0 aromatic carbocycles. The predicted octanol–water partition coefficient (Wildman–Crippen LogP) is 2.17. The highest BCUT2D eigenvalue weighted by molar-refractivity contribution is 5.73. The van der Waals surface area contributed by atoms with Gasteiger partial charge in [-0.3, -0.25) is 4.79 Å². The normalized spacial score (nSPS) is 18.9. The lowest BCUT2D eigenvalue weighted by Gasteiger charge is -2.38. The molecule has 94 valence electrons. The Balaban J connectivity index is 2.40. The summed E-state index contributed by atoms with van der Waals surface area (Å²) < 4.78 is 0. The molecule has 1 aliphatic heterocycles. The molecule has 3 heteroatoms. The van der Waals surface area contributed by atoms with Crippen molar-refractivity contribution in [3.05, 3.63) is 0 Å². The number of hydrogen-bond donors (Lipinski definition) is 1.